The van der Waals surface area contributed by atoms with Crippen LogP contribution in [0.1, 0.15) is 33.1 Å². The molecule has 7 nitrogen and oxygen atoms in total. The van der Waals surface area contributed by atoms with E-state index in [2.05, 4.69) is 16.0 Å². The zero-order chi connectivity index (χ0) is 18.9. The van der Waals surface area contributed by atoms with Crippen LogP contribution in [0.5, 0.6) is 0 Å². The Labute approximate surface area is 154 Å². The Morgan fingerprint density at radius 2 is 1.81 bits per heavy atom. The highest BCUT2D eigenvalue weighted by Gasteiger charge is 2.28. The second-order valence-corrected chi connectivity index (χ2v) is 6.58. The number of carbonyl (C=O) groups excluding carboxylic acids is 3. The Morgan fingerprint density at radius 1 is 1.15 bits per heavy atom. The summed E-state index contributed by atoms with van der Waals surface area (Å²) in [5, 5.41) is 8.40. The van der Waals surface area contributed by atoms with Gasteiger partial charge >= 0.3 is 6.03 Å². The molecule has 1 fully saturated rings. The molecule has 142 valence electrons. The van der Waals surface area contributed by atoms with E-state index in [1.54, 1.807) is 11.8 Å². The number of carbonyl (C=O) groups is 3. The number of amides is 4. The maximum atomic E-state index is 12.3. The highest BCUT2D eigenvalue weighted by atomic mass is 16.2. The molecule has 0 aliphatic carbocycles. The molecule has 26 heavy (non-hydrogen) atoms. The number of anilines is 1. The molecule has 0 bridgehead atoms. The van der Waals surface area contributed by atoms with Gasteiger partial charge in [-0.15, -0.1) is 0 Å². The van der Waals surface area contributed by atoms with E-state index in [0.717, 1.165) is 12.1 Å². The van der Waals surface area contributed by atoms with Crippen molar-refractivity contribution in [1.82, 2.24) is 15.5 Å². The van der Waals surface area contributed by atoms with E-state index in [1.165, 1.54) is 0 Å². The van der Waals surface area contributed by atoms with E-state index in [0.29, 0.717) is 32.5 Å². The van der Waals surface area contributed by atoms with Gasteiger partial charge in [0.1, 0.15) is 6.04 Å². The normalized spacial score (nSPS) is 15.8. The van der Waals surface area contributed by atoms with Crippen molar-refractivity contribution in [2.45, 2.75) is 39.2 Å². The van der Waals surface area contributed by atoms with Crippen LogP contribution in [0, 0.1) is 5.92 Å². The molecule has 0 spiro atoms. The molecule has 1 aliphatic rings. The standard InChI is InChI=1S/C19H28N4O3/c1-3-11-20-17(24)14(2)21-18(25)15-9-12-23(13-10-15)19(26)22-16-7-5-4-6-8-16/h4-8,14-15H,3,9-13H2,1-2H3,(H,20,24)(H,21,25)(H,22,26). The number of benzene rings is 1. The highest BCUT2D eigenvalue weighted by molar-refractivity contribution is 5.90. The molecular weight excluding hydrogens is 332 g/mol. The first-order chi connectivity index (χ1) is 12.5. The maximum Gasteiger partial charge on any atom is 0.321 e. The van der Waals surface area contributed by atoms with Gasteiger partial charge in [0.25, 0.3) is 0 Å². The zero-order valence-corrected chi connectivity index (χ0v) is 15.5. The molecule has 0 aromatic heterocycles. The zero-order valence-electron chi connectivity index (χ0n) is 15.5. The van der Waals surface area contributed by atoms with E-state index in [9.17, 15) is 14.4 Å². The first kappa shape index (κ1) is 19.8. The van der Waals surface area contributed by atoms with Crippen LogP contribution >= 0.6 is 0 Å². The number of piperidine rings is 1. The first-order valence-electron chi connectivity index (χ1n) is 9.20. The van der Waals surface area contributed by atoms with E-state index in [-0.39, 0.29) is 23.8 Å². The second kappa shape index (κ2) is 9.79. The highest BCUT2D eigenvalue weighted by Crippen LogP contribution is 2.18. The Morgan fingerprint density at radius 3 is 2.42 bits per heavy atom. The monoisotopic (exact) mass is 360 g/mol. The molecule has 0 radical (unpaired) electrons. The minimum absolute atomic E-state index is 0.118. The van der Waals surface area contributed by atoms with Gasteiger partial charge in [0.15, 0.2) is 0 Å². The lowest BCUT2D eigenvalue weighted by molar-refractivity contribution is -0.131. The lowest BCUT2D eigenvalue weighted by Crippen LogP contribution is -2.49. The van der Waals surface area contributed by atoms with Crippen LogP contribution in [0.25, 0.3) is 0 Å². The fourth-order valence-corrected chi connectivity index (χ4v) is 2.87. The third-order valence-electron chi connectivity index (χ3n) is 4.48. The Bertz CT molecular complexity index is 612. The topological polar surface area (TPSA) is 90.5 Å². The summed E-state index contributed by atoms with van der Waals surface area (Å²) in [6, 6.07) is 8.60. The lowest BCUT2D eigenvalue weighted by atomic mass is 9.96. The average molecular weight is 360 g/mol. The summed E-state index contributed by atoms with van der Waals surface area (Å²) in [7, 11) is 0. The van der Waals surface area contributed by atoms with Gasteiger partial charge in [0.05, 0.1) is 0 Å². The molecule has 1 aliphatic heterocycles. The second-order valence-electron chi connectivity index (χ2n) is 6.58. The Balaban J connectivity index is 1.75. The maximum absolute atomic E-state index is 12.3. The number of hydrogen-bond donors (Lipinski definition) is 3. The molecule has 1 heterocycles. The van der Waals surface area contributed by atoms with Gasteiger partial charge in [-0.1, -0.05) is 25.1 Å². The van der Waals surface area contributed by atoms with Gasteiger partial charge < -0.3 is 20.9 Å². The van der Waals surface area contributed by atoms with Gasteiger partial charge in [-0.2, -0.15) is 0 Å². The van der Waals surface area contributed by atoms with E-state index in [4.69, 9.17) is 0 Å². The lowest BCUT2D eigenvalue weighted by Gasteiger charge is -2.31. The number of nitrogens with zero attached hydrogens (tertiary/aromatic N) is 1. The first-order valence-corrected chi connectivity index (χ1v) is 9.20. The van der Waals surface area contributed by atoms with Crippen molar-refractivity contribution in [2.24, 2.45) is 5.92 Å². The summed E-state index contributed by atoms with van der Waals surface area (Å²) < 4.78 is 0. The van der Waals surface area contributed by atoms with E-state index < -0.39 is 6.04 Å². The van der Waals surface area contributed by atoms with Crippen LogP contribution in [0.4, 0.5) is 10.5 Å². The van der Waals surface area contributed by atoms with Crippen LogP contribution in [0.2, 0.25) is 0 Å². The van der Waals surface area contributed by atoms with Gasteiger partial charge in [-0.25, -0.2) is 4.79 Å². The van der Waals surface area contributed by atoms with Crippen molar-refractivity contribution in [3.8, 4) is 0 Å². The smallest absolute Gasteiger partial charge is 0.321 e. The predicted molar refractivity (Wildman–Crippen MR) is 101 cm³/mol. The summed E-state index contributed by atoms with van der Waals surface area (Å²) >= 11 is 0. The van der Waals surface area contributed by atoms with Crippen LogP contribution in [-0.2, 0) is 9.59 Å². The molecule has 1 aromatic rings. The number of urea groups is 1. The van der Waals surface area contributed by atoms with Crippen LogP contribution in [-0.4, -0.2) is 48.4 Å². The largest absolute Gasteiger partial charge is 0.354 e. The van der Waals surface area contributed by atoms with Crippen molar-refractivity contribution in [3.63, 3.8) is 0 Å². The minimum Gasteiger partial charge on any atom is -0.354 e. The van der Waals surface area contributed by atoms with Crippen molar-refractivity contribution >= 4 is 23.5 Å². The fourth-order valence-electron chi connectivity index (χ4n) is 2.87. The van der Waals surface area contributed by atoms with E-state index >= 15 is 0 Å². The van der Waals surface area contributed by atoms with Gasteiger partial charge in [-0.3, -0.25) is 9.59 Å². The molecule has 1 saturated heterocycles. The molecule has 1 unspecified atom stereocenters. The predicted octanol–water partition coefficient (Wildman–Crippen LogP) is 1.96. The van der Waals surface area contributed by atoms with Crippen LogP contribution < -0.4 is 16.0 Å². The summed E-state index contributed by atoms with van der Waals surface area (Å²) in [5.41, 5.74) is 0.754. The summed E-state index contributed by atoms with van der Waals surface area (Å²) in [5.74, 6) is -0.454. The molecule has 1 aromatic carbocycles. The molecule has 7 heteroatoms. The molecule has 1 atom stereocenters. The summed E-state index contributed by atoms with van der Waals surface area (Å²) in [6.07, 6.45) is 2.05. The van der Waals surface area contributed by atoms with Crippen LogP contribution in [0.3, 0.4) is 0 Å². The van der Waals surface area contributed by atoms with Crippen molar-refractivity contribution in [1.29, 1.82) is 0 Å². The SMILES string of the molecule is CCCNC(=O)C(C)NC(=O)C1CCN(C(=O)Nc2ccccc2)CC1. The molecule has 0 saturated carbocycles. The van der Waals surface area contributed by atoms with Crippen molar-refractivity contribution < 1.29 is 14.4 Å². The van der Waals surface area contributed by atoms with E-state index in [1.807, 2.05) is 37.3 Å². The number of nitrogens with one attached hydrogen (secondary N) is 3. The number of likely N-dealkylation sites (tertiary alicyclic amines) is 1. The third kappa shape index (κ3) is 5.75. The van der Waals surface area contributed by atoms with Gasteiger partial charge in [0, 0.05) is 31.2 Å². The van der Waals surface area contributed by atoms with Crippen molar-refractivity contribution in [3.05, 3.63) is 30.3 Å². The van der Waals surface area contributed by atoms with Crippen LogP contribution in [0.15, 0.2) is 30.3 Å². The van der Waals surface area contributed by atoms with Gasteiger partial charge in [-0.05, 0) is 38.3 Å². The molecular formula is C19H28N4O3. The fraction of sp³-hybridized carbons (Fsp3) is 0.526. The number of rotatable bonds is 6. The van der Waals surface area contributed by atoms with Gasteiger partial charge in [0.2, 0.25) is 11.8 Å². The average Bonchev–Trinajstić information content (AvgIpc) is 2.66. The summed E-state index contributed by atoms with van der Waals surface area (Å²) in [4.78, 5) is 38.2. The number of hydrogen-bond acceptors (Lipinski definition) is 3. The quantitative estimate of drug-likeness (QED) is 0.724. The Kier molecular flexibility index (Phi) is 7.44. The van der Waals surface area contributed by atoms with Crippen molar-refractivity contribution in [2.75, 3.05) is 25.0 Å². The molecule has 3 N–H and O–H groups in total. The molecule has 2 rings (SSSR count). The molecule has 4 amide bonds. The Hall–Kier alpha value is -2.57. The summed E-state index contributed by atoms with van der Waals surface area (Å²) in [6.45, 7) is 5.31. The number of para-hydroxylation sites is 1. The third-order valence-corrected chi connectivity index (χ3v) is 4.48. The minimum atomic E-state index is -0.548.